The van der Waals surface area contributed by atoms with E-state index < -0.39 is 17.6 Å². The molecule has 0 saturated carbocycles. The van der Waals surface area contributed by atoms with Crippen LogP contribution in [0, 0.1) is 12.7 Å². The van der Waals surface area contributed by atoms with E-state index in [2.05, 4.69) is 0 Å². The number of fused-ring (bicyclic) bond motifs is 1. The monoisotopic (exact) mass is 398 g/mol. The summed E-state index contributed by atoms with van der Waals surface area (Å²) in [5.41, 5.74) is 0.923. The molecule has 7 heteroatoms. The van der Waals surface area contributed by atoms with E-state index in [4.69, 9.17) is 25.5 Å². The minimum atomic E-state index is -0.678. The maximum absolute atomic E-state index is 14.0. The Kier molecular flexibility index (Phi) is 4.49. The number of ketones is 1. The number of hydrogen-bond donors (Lipinski definition) is 0. The molecule has 140 valence electrons. The Hall–Kier alpha value is -3.38. The zero-order valence-corrected chi connectivity index (χ0v) is 15.2. The van der Waals surface area contributed by atoms with Crippen LogP contribution in [0.2, 0.25) is 5.02 Å². The highest BCUT2D eigenvalue weighted by molar-refractivity contribution is 6.32. The first kappa shape index (κ1) is 18.0. The fraction of sp³-hybridized carbons (Fsp3) is 0.0476. The van der Waals surface area contributed by atoms with Crippen molar-refractivity contribution >= 4 is 29.4 Å². The molecule has 0 bridgehead atoms. The molecule has 2 aromatic carbocycles. The Balaban J connectivity index is 1.66. The number of carbonyl (C=O) groups is 2. The molecule has 3 aromatic rings. The second-order valence-corrected chi connectivity index (χ2v) is 6.46. The van der Waals surface area contributed by atoms with Crippen molar-refractivity contribution in [1.82, 2.24) is 0 Å². The molecule has 0 N–H and O–H groups in total. The molecule has 1 aliphatic heterocycles. The summed E-state index contributed by atoms with van der Waals surface area (Å²) in [4.78, 5) is 24.7. The molecule has 0 saturated heterocycles. The fourth-order valence-corrected chi connectivity index (χ4v) is 3.09. The number of hydrogen-bond acceptors (Lipinski definition) is 5. The van der Waals surface area contributed by atoms with Gasteiger partial charge in [0.05, 0.1) is 16.8 Å². The molecule has 1 aromatic heterocycles. The first-order valence-electron chi connectivity index (χ1n) is 8.22. The van der Waals surface area contributed by atoms with Crippen molar-refractivity contribution in [1.29, 1.82) is 0 Å². The molecule has 0 spiro atoms. The molecule has 0 radical (unpaired) electrons. The van der Waals surface area contributed by atoms with E-state index in [0.29, 0.717) is 11.1 Å². The van der Waals surface area contributed by atoms with Gasteiger partial charge in [-0.05, 0) is 48.9 Å². The van der Waals surface area contributed by atoms with Crippen LogP contribution in [0.25, 0.3) is 6.08 Å². The summed E-state index contributed by atoms with van der Waals surface area (Å²) in [6.07, 6.45) is 2.62. The topological polar surface area (TPSA) is 65.7 Å². The van der Waals surface area contributed by atoms with Gasteiger partial charge in [0.1, 0.15) is 17.3 Å². The van der Waals surface area contributed by atoms with Crippen LogP contribution in [-0.2, 0) is 0 Å². The molecule has 0 aliphatic carbocycles. The number of ether oxygens (including phenoxy) is 2. The van der Waals surface area contributed by atoms with E-state index >= 15 is 0 Å². The lowest BCUT2D eigenvalue weighted by molar-refractivity contribution is 0.0701. The summed E-state index contributed by atoms with van der Waals surface area (Å²) in [5.74, 6) is -1.28. The molecular formula is C21H12ClFO5. The molecule has 28 heavy (non-hydrogen) atoms. The van der Waals surface area contributed by atoms with Crippen LogP contribution in [0.5, 0.6) is 11.5 Å². The number of carbonyl (C=O) groups excluding carboxylic acids is 2. The summed E-state index contributed by atoms with van der Waals surface area (Å²) < 4.78 is 29.9. The van der Waals surface area contributed by atoms with Crippen molar-refractivity contribution in [2.45, 2.75) is 6.92 Å². The van der Waals surface area contributed by atoms with Crippen molar-refractivity contribution in [2.75, 3.05) is 0 Å². The van der Waals surface area contributed by atoms with Crippen LogP contribution in [0.1, 0.15) is 32.0 Å². The number of halogens is 2. The minimum Gasteiger partial charge on any atom is -0.457 e. The summed E-state index contributed by atoms with van der Waals surface area (Å²) in [7, 11) is 0. The van der Waals surface area contributed by atoms with E-state index in [9.17, 15) is 14.0 Å². The van der Waals surface area contributed by atoms with Crippen molar-refractivity contribution in [2.24, 2.45) is 0 Å². The van der Waals surface area contributed by atoms with Gasteiger partial charge in [0.15, 0.2) is 5.76 Å². The second kappa shape index (κ2) is 6.98. The predicted octanol–water partition coefficient (Wildman–Crippen LogP) is 5.22. The number of furan rings is 1. The lowest BCUT2D eigenvalue weighted by atomic mass is 10.0. The summed E-state index contributed by atoms with van der Waals surface area (Å²) in [5, 5.41) is 0.157. The van der Waals surface area contributed by atoms with Gasteiger partial charge in [-0.15, -0.1) is 0 Å². The molecule has 4 rings (SSSR count). The van der Waals surface area contributed by atoms with Crippen LogP contribution in [0.15, 0.2) is 58.9 Å². The predicted molar refractivity (Wildman–Crippen MR) is 99.2 cm³/mol. The Morgan fingerprint density at radius 3 is 2.75 bits per heavy atom. The number of benzene rings is 2. The van der Waals surface area contributed by atoms with Crippen molar-refractivity contribution < 1.29 is 27.9 Å². The average molecular weight is 399 g/mol. The van der Waals surface area contributed by atoms with Crippen molar-refractivity contribution in [3.05, 3.63) is 87.8 Å². The van der Waals surface area contributed by atoms with Crippen LogP contribution in [-0.4, -0.2) is 11.8 Å². The molecular weight excluding hydrogens is 387 g/mol. The quantitative estimate of drug-likeness (QED) is 0.344. The normalized spacial score (nSPS) is 14.1. The third-order valence-corrected chi connectivity index (χ3v) is 4.48. The number of Topliss-reactive ketones (excluding diaryl/α,β-unsaturated/α-hetero) is 1. The zero-order valence-electron chi connectivity index (χ0n) is 14.5. The van der Waals surface area contributed by atoms with Gasteiger partial charge in [0.2, 0.25) is 11.5 Å². The van der Waals surface area contributed by atoms with Gasteiger partial charge >= 0.3 is 5.97 Å². The van der Waals surface area contributed by atoms with Crippen LogP contribution in [0.3, 0.4) is 0 Å². The molecule has 0 atom stereocenters. The molecule has 0 amide bonds. The van der Waals surface area contributed by atoms with Gasteiger partial charge in [-0.3, -0.25) is 4.79 Å². The highest BCUT2D eigenvalue weighted by atomic mass is 35.5. The van der Waals surface area contributed by atoms with E-state index in [-0.39, 0.29) is 33.6 Å². The minimum absolute atomic E-state index is 0.0462. The van der Waals surface area contributed by atoms with Crippen molar-refractivity contribution in [3.63, 3.8) is 0 Å². The van der Waals surface area contributed by atoms with Gasteiger partial charge in [-0.25, -0.2) is 9.18 Å². The van der Waals surface area contributed by atoms with Crippen molar-refractivity contribution in [3.8, 4) is 11.5 Å². The number of aryl methyl sites for hydroxylation is 1. The smallest absolute Gasteiger partial charge is 0.379 e. The lowest BCUT2D eigenvalue weighted by Gasteiger charge is -2.06. The Morgan fingerprint density at radius 2 is 2.04 bits per heavy atom. The second-order valence-electron chi connectivity index (χ2n) is 6.06. The fourth-order valence-electron chi connectivity index (χ4n) is 2.87. The van der Waals surface area contributed by atoms with E-state index in [1.807, 2.05) is 0 Å². The molecule has 1 aliphatic rings. The zero-order chi connectivity index (χ0) is 19.8. The maximum Gasteiger partial charge on any atom is 0.379 e. The van der Waals surface area contributed by atoms with E-state index in [1.54, 1.807) is 19.1 Å². The Bertz CT molecular complexity index is 1110. The third kappa shape index (κ3) is 3.18. The number of esters is 1. The number of rotatable bonds is 3. The van der Waals surface area contributed by atoms with Crippen LogP contribution < -0.4 is 9.47 Å². The summed E-state index contributed by atoms with van der Waals surface area (Å²) in [6.45, 7) is 1.68. The lowest BCUT2D eigenvalue weighted by Crippen LogP contribution is -2.07. The molecule has 2 heterocycles. The van der Waals surface area contributed by atoms with Crippen LogP contribution >= 0.6 is 11.6 Å². The molecule has 0 fully saturated rings. The number of allylic oxidation sites excluding steroid dienone is 1. The largest absolute Gasteiger partial charge is 0.457 e. The SMILES string of the molecule is Cc1cc(OC(=O)c2ccco2)cc2c1C(=O)/C(=C/c1c(F)cccc1Cl)O2. The third-order valence-electron chi connectivity index (χ3n) is 4.15. The van der Waals surface area contributed by atoms with Gasteiger partial charge < -0.3 is 13.9 Å². The van der Waals surface area contributed by atoms with Gasteiger partial charge in [-0.1, -0.05) is 17.7 Å². The highest BCUT2D eigenvalue weighted by Crippen LogP contribution is 2.38. The Morgan fingerprint density at radius 1 is 1.21 bits per heavy atom. The summed E-state index contributed by atoms with van der Waals surface area (Å²) >= 11 is 6.01. The maximum atomic E-state index is 14.0. The van der Waals surface area contributed by atoms with Gasteiger partial charge in [-0.2, -0.15) is 0 Å². The average Bonchev–Trinajstić information content (AvgIpc) is 3.27. The first-order valence-corrected chi connectivity index (χ1v) is 8.60. The summed E-state index contributed by atoms with van der Waals surface area (Å²) in [6, 6.07) is 10.2. The first-order chi connectivity index (χ1) is 13.4. The molecule has 5 nitrogen and oxygen atoms in total. The Labute approximate surface area is 163 Å². The van der Waals surface area contributed by atoms with Crippen LogP contribution in [0.4, 0.5) is 4.39 Å². The van der Waals surface area contributed by atoms with E-state index in [0.717, 1.165) is 0 Å². The van der Waals surface area contributed by atoms with Gasteiger partial charge in [0, 0.05) is 11.6 Å². The molecule has 0 unspecified atom stereocenters. The van der Waals surface area contributed by atoms with Gasteiger partial charge in [0.25, 0.3) is 0 Å². The highest BCUT2D eigenvalue weighted by Gasteiger charge is 2.31. The standard InChI is InChI=1S/C21H12ClFO5/c1-11-8-12(27-21(25)16-6-3-7-26-16)9-17-19(11)20(24)18(28-17)10-13-14(22)4-2-5-15(13)23/h2-10H,1H3/b18-10-. The van der Waals surface area contributed by atoms with E-state index in [1.165, 1.54) is 42.7 Å².